The molecule has 2 N–H and O–H groups in total. The van der Waals surface area contributed by atoms with E-state index in [1.165, 1.54) is 0 Å². The number of hydrogen-bond donors (Lipinski definition) is 2. The molecule has 0 radical (unpaired) electrons. The van der Waals surface area contributed by atoms with Crippen LogP contribution in [0.4, 0.5) is 0 Å². The van der Waals surface area contributed by atoms with E-state index in [2.05, 4.69) is 41.0 Å². The van der Waals surface area contributed by atoms with Crippen molar-refractivity contribution >= 4 is 5.91 Å². The van der Waals surface area contributed by atoms with E-state index in [0.29, 0.717) is 17.9 Å². The fraction of sp³-hybridized carbons (Fsp3) is 0.316. The molecular weight excluding hydrogens is 314 g/mol. The Hall–Kier alpha value is -2.89. The lowest BCUT2D eigenvalue weighted by atomic mass is 9.86. The van der Waals surface area contributed by atoms with Crippen LogP contribution < -0.4 is 5.32 Å². The van der Waals surface area contributed by atoms with Gasteiger partial charge in [0.25, 0.3) is 5.91 Å². The quantitative estimate of drug-likeness (QED) is 0.751. The second-order valence-corrected chi connectivity index (χ2v) is 7.13. The lowest BCUT2D eigenvalue weighted by molar-refractivity contribution is 0.0893. The average Bonchev–Trinajstić information content (AvgIpc) is 3.27. The van der Waals surface area contributed by atoms with Crippen LogP contribution in [0.2, 0.25) is 0 Å². The van der Waals surface area contributed by atoms with Gasteiger partial charge < -0.3 is 14.9 Å². The lowest BCUT2D eigenvalue weighted by Crippen LogP contribution is -2.46. The van der Waals surface area contributed by atoms with Crippen LogP contribution in [0.3, 0.4) is 0 Å². The number of nitrogens with zero attached hydrogens (tertiary/aromatic N) is 3. The first-order chi connectivity index (χ1) is 11.9. The Balaban J connectivity index is 1.85. The summed E-state index contributed by atoms with van der Waals surface area (Å²) in [5, 5.41) is 3.18. The summed E-state index contributed by atoms with van der Waals surface area (Å²) in [6.45, 7) is 7.02. The van der Waals surface area contributed by atoms with Crippen molar-refractivity contribution in [3.05, 3.63) is 60.9 Å². The molecular formula is C19H23N5O. The van der Waals surface area contributed by atoms with Crippen molar-refractivity contribution in [3.8, 4) is 11.4 Å². The molecule has 0 fully saturated rings. The number of hydrogen-bond acceptors (Lipinski definition) is 3. The molecule has 1 aromatic carbocycles. The number of imidazole rings is 2. The van der Waals surface area contributed by atoms with Crippen LogP contribution in [0.5, 0.6) is 0 Å². The molecule has 1 amide bonds. The van der Waals surface area contributed by atoms with E-state index in [1.807, 2.05) is 35.0 Å². The van der Waals surface area contributed by atoms with E-state index in [-0.39, 0.29) is 17.4 Å². The van der Waals surface area contributed by atoms with Gasteiger partial charge in [0, 0.05) is 36.9 Å². The standard InChI is InChI=1S/C19H23N5O/c1-19(2,3)16(12-24-11-10-20-13-24)23-18(25)15-7-5-4-6-14(15)17-21-8-9-22-17/h4-11,13,16H,12H2,1-3H3,(H,21,22)(H,23,25)/t16-/m1/s1. The Morgan fingerprint density at radius 2 is 2.08 bits per heavy atom. The molecule has 0 saturated carbocycles. The Kier molecular flexibility index (Phi) is 4.70. The van der Waals surface area contributed by atoms with Gasteiger partial charge >= 0.3 is 0 Å². The van der Waals surface area contributed by atoms with E-state index in [9.17, 15) is 4.79 Å². The molecule has 2 heterocycles. The van der Waals surface area contributed by atoms with Crippen molar-refractivity contribution in [1.82, 2.24) is 24.8 Å². The third kappa shape index (κ3) is 3.96. The lowest BCUT2D eigenvalue weighted by Gasteiger charge is -2.32. The monoisotopic (exact) mass is 337 g/mol. The number of amides is 1. The minimum absolute atomic E-state index is 0.0427. The largest absolute Gasteiger partial charge is 0.347 e. The molecule has 130 valence electrons. The fourth-order valence-corrected chi connectivity index (χ4v) is 2.68. The molecule has 0 unspecified atom stereocenters. The van der Waals surface area contributed by atoms with E-state index in [4.69, 9.17) is 0 Å². The van der Waals surface area contributed by atoms with Crippen molar-refractivity contribution in [3.63, 3.8) is 0 Å². The highest BCUT2D eigenvalue weighted by molar-refractivity contribution is 6.00. The third-order valence-corrected chi connectivity index (χ3v) is 4.23. The molecule has 0 saturated heterocycles. The van der Waals surface area contributed by atoms with Crippen LogP contribution in [-0.2, 0) is 6.54 Å². The summed E-state index contributed by atoms with van der Waals surface area (Å²) < 4.78 is 1.98. The zero-order valence-corrected chi connectivity index (χ0v) is 14.7. The summed E-state index contributed by atoms with van der Waals surface area (Å²) in [6.07, 6.45) is 8.85. The number of nitrogens with one attached hydrogen (secondary N) is 2. The Morgan fingerprint density at radius 1 is 1.28 bits per heavy atom. The maximum atomic E-state index is 13.0. The topological polar surface area (TPSA) is 75.6 Å². The number of aromatic nitrogens is 4. The zero-order valence-electron chi connectivity index (χ0n) is 14.7. The second-order valence-electron chi connectivity index (χ2n) is 7.13. The Morgan fingerprint density at radius 3 is 2.72 bits per heavy atom. The van der Waals surface area contributed by atoms with Crippen LogP contribution in [0.15, 0.2) is 55.4 Å². The van der Waals surface area contributed by atoms with Crippen molar-refractivity contribution in [2.45, 2.75) is 33.4 Å². The molecule has 3 aromatic rings. The van der Waals surface area contributed by atoms with Gasteiger partial charge in [-0.05, 0) is 11.5 Å². The molecule has 0 aliphatic rings. The maximum Gasteiger partial charge on any atom is 0.252 e. The zero-order chi connectivity index (χ0) is 17.9. The number of rotatable bonds is 5. The smallest absolute Gasteiger partial charge is 0.252 e. The molecule has 2 aromatic heterocycles. The summed E-state index contributed by atoms with van der Waals surface area (Å²) in [6, 6.07) is 7.45. The first kappa shape index (κ1) is 17.0. The van der Waals surface area contributed by atoms with E-state index < -0.39 is 0 Å². The summed E-state index contributed by atoms with van der Waals surface area (Å²) in [5.74, 6) is 0.583. The number of benzene rings is 1. The number of aromatic amines is 1. The minimum Gasteiger partial charge on any atom is -0.347 e. The van der Waals surface area contributed by atoms with Gasteiger partial charge in [-0.2, -0.15) is 0 Å². The molecule has 6 nitrogen and oxygen atoms in total. The van der Waals surface area contributed by atoms with Crippen molar-refractivity contribution < 1.29 is 4.79 Å². The normalized spacial score (nSPS) is 12.8. The first-order valence-corrected chi connectivity index (χ1v) is 8.30. The minimum atomic E-state index is -0.105. The van der Waals surface area contributed by atoms with Crippen molar-refractivity contribution in [1.29, 1.82) is 0 Å². The Bertz CT molecular complexity index is 816. The predicted molar refractivity (Wildman–Crippen MR) is 97.0 cm³/mol. The first-order valence-electron chi connectivity index (χ1n) is 8.30. The molecule has 1 atom stereocenters. The van der Waals surface area contributed by atoms with Gasteiger partial charge in [0.1, 0.15) is 5.82 Å². The summed E-state index contributed by atoms with van der Waals surface area (Å²) in [5.41, 5.74) is 1.30. The highest BCUT2D eigenvalue weighted by Gasteiger charge is 2.27. The van der Waals surface area contributed by atoms with Crippen molar-refractivity contribution in [2.75, 3.05) is 0 Å². The summed E-state index contributed by atoms with van der Waals surface area (Å²) in [7, 11) is 0. The van der Waals surface area contributed by atoms with Gasteiger partial charge in [0.05, 0.1) is 17.9 Å². The van der Waals surface area contributed by atoms with Gasteiger partial charge in [0.15, 0.2) is 0 Å². The van der Waals surface area contributed by atoms with Gasteiger partial charge in [-0.3, -0.25) is 4.79 Å². The summed E-state index contributed by atoms with van der Waals surface area (Å²) in [4.78, 5) is 24.4. The molecule has 0 aliphatic heterocycles. The van der Waals surface area contributed by atoms with Crippen LogP contribution in [0.25, 0.3) is 11.4 Å². The van der Waals surface area contributed by atoms with Crippen LogP contribution in [0, 0.1) is 5.41 Å². The Labute approximate surface area is 147 Å². The molecule has 0 spiro atoms. The van der Waals surface area contributed by atoms with Crippen LogP contribution in [-0.4, -0.2) is 31.5 Å². The number of H-pyrrole nitrogens is 1. The molecule has 0 bridgehead atoms. The number of carbonyl (C=O) groups excluding carboxylic acids is 1. The van der Waals surface area contributed by atoms with E-state index in [0.717, 1.165) is 5.56 Å². The van der Waals surface area contributed by atoms with Gasteiger partial charge in [-0.1, -0.05) is 39.0 Å². The molecule has 0 aliphatic carbocycles. The van der Waals surface area contributed by atoms with Gasteiger partial charge in [-0.15, -0.1) is 0 Å². The average molecular weight is 337 g/mol. The summed E-state index contributed by atoms with van der Waals surface area (Å²) >= 11 is 0. The molecule has 25 heavy (non-hydrogen) atoms. The highest BCUT2D eigenvalue weighted by Crippen LogP contribution is 2.24. The predicted octanol–water partition coefficient (Wildman–Crippen LogP) is 3.12. The third-order valence-electron chi connectivity index (χ3n) is 4.23. The fourth-order valence-electron chi connectivity index (χ4n) is 2.68. The SMILES string of the molecule is CC(C)(C)[C@@H](Cn1ccnc1)NC(=O)c1ccccc1-c1ncc[nH]1. The highest BCUT2D eigenvalue weighted by atomic mass is 16.1. The van der Waals surface area contributed by atoms with Crippen molar-refractivity contribution in [2.24, 2.45) is 5.41 Å². The molecule has 3 rings (SSSR count). The van der Waals surface area contributed by atoms with E-state index in [1.54, 1.807) is 24.9 Å². The van der Waals surface area contributed by atoms with Gasteiger partial charge in [-0.25, -0.2) is 9.97 Å². The second kappa shape index (κ2) is 6.93. The molecule has 6 heteroatoms. The van der Waals surface area contributed by atoms with Crippen LogP contribution >= 0.6 is 0 Å². The number of carbonyl (C=O) groups is 1. The van der Waals surface area contributed by atoms with Gasteiger partial charge in [0.2, 0.25) is 0 Å². The van der Waals surface area contributed by atoms with Crippen LogP contribution in [0.1, 0.15) is 31.1 Å². The van der Waals surface area contributed by atoms with E-state index >= 15 is 0 Å². The maximum absolute atomic E-state index is 13.0.